The Morgan fingerprint density at radius 2 is 2.11 bits per heavy atom. The molecule has 0 spiro atoms. The van der Waals surface area contributed by atoms with E-state index in [0.717, 1.165) is 13.1 Å². The second-order valence-electron chi connectivity index (χ2n) is 6.09. The van der Waals surface area contributed by atoms with Gasteiger partial charge < -0.3 is 5.32 Å². The molecule has 1 aromatic heterocycles. The lowest BCUT2D eigenvalue weighted by atomic mass is 10.1. The first-order valence-electron chi connectivity index (χ1n) is 7.79. The molecular formula is C15H26N4. The van der Waals surface area contributed by atoms with Crippen molar-refractivity contribution in [1.82, 2.24) is 20.0 Å². The van der Waals surface area contributed by atoms with Crippen molar-refractivity contribution in [3.8, 4) is 0 Å². The molecule has 0 radical (unpaired) electrons. The predicted octanol–water partition coefficient (Wildman–Crippen LogP) is 2.18. The van der Waals surface area contributed by atoms with E-state index < -0.39 is 0 Å². The normalized spacial score (nSPS) is 26.1. The SMILES string of the molecule is CNC1CCCN(Cc2ccn(C3CCCC3)n2)C1. The monoisotopic (exact) mass is 262 g/mol. The molecule has 106 valence electrons. The van der Waals surface area contributed by atoms with Gasteiger partial charge in [-0.25, -0.2) is 0 Å². The first-order chi connectivity index (χ1) is 9.35. The Morgan fingerprint density at radius 1 is 1.26 bits per heavy atom. The van der Waals surface area contributed by atoms with Crippen molar-refractivity contribution < 1.29 is 0 Å². The van der Waals surface area contributed by atoms with Crippen LogP contribution in [0.2, 0.25) is 0 Å². The Labute approximate surface area is 116 Å². The molecule has 1 unspecified atom stereocenters. The van der Waals surface area contributed by atoms with Crippen molar-refractivity contribution in [3.05, 3.63) is 18.0 Å². The lowest BCUT2D eigenvalue weighted by Crippen LogP contribution is -2.43. The highest BCUT2D eigenvalue weighted by Crippen LogP contribution is 2.28. The van der Waals surface area contributed by atoms with Gasteiger partial charge in [0.2, 0.25) is 0 Å². The summed E-state index contributed by atoms with van der Waals surface area (Å²) in [4.78, 5) is 2.53. The molecule has 19 heavy (non-hydrogen) atoms. The molecule has 0 aromatic carbocycles. The molecule has 2 aliphatic rings. The van der Waals surface area contributed by atoms with E-state index in [1.807, 2.05) is 0 Å². The van der Waals surface area contributed by atoms with E-state index >= 15 is 0 Å². The van der Waals surface area contributed by atoms with Gasteiger partial charge in [-0.15, -0.1) is 0 Å². The fourth-order valence-electron chi connectivity index (χ4n) is 3.50. The van der Waals surface area contributed by atoms with E-state index in [4.69, 9.17) is 5.10 Å². The summed E-state index contributed by atoms with van der Waals surface area (Å²) >= 11 is 0. The van der Waals surface area contributed by atoms with Crippen LogP contribution in [0, 0.1) is 0 Å². The number of hydrogen-bond donors (Lipinski definition) is 1. The Kier molecular flexibility index (Phi) is 4.18. The fraction of sp³-hybridized carbons (Fsp3) is 0.800. The van der Waals surface area contributed by atoms with Crippen molar-refractivity contribution >= 4 is 0 Å². The van der Waals surface area contributed by atoms with E-state index in [9.17, 15) is 0 Å². The maximum atomic E-state index is 4.79. The van der Waals surface area contributed by atoms with E-state index in [1.165, 1.54) is 50.8 Å². The molecule has 3 rings (SSSR count). The summed E-state index contributed by atoms with van der Waals surface area (Å²) < 4.78 is 2.21. The number of hydrogen-bond acceptors (Lipinski definition) is 3. The van der Waals surface area contributed by atoms with Gasteiger partial charge in [0, 0.05) is 25.3 Å². The Bertz CT molecular complexity index is 395. The number of nitrogens with one attached hydrogen (secondary N) is 1. The van der Waals surface area contributed by atoms with Gasteiger partial charge in [-0.2, -0.15) is 5.10 Å². The van der Waals surface area contributed by atoms with Crippen molar-refractivity contribution in [2.24, 2.45) is 0 Å². The first kappa shape index (κ1) is 13.1. The third-order valence-electron chi connectivity index (χ3n) is 4.66. The van der Waals surface area contributed by atoms with Gasteiger partial charge in [-0.05, 0) is 45.3 Å². The van der Waals surface area contributed by atoms with Crippen molar-refractivity contribution in [3.63, 3.8) is 0 Å². The van der Waals surface area contributed by atoms with Gasteiger partial charge in [0.15, 0.2) is 0 Å². The number of piperidine rings is 1. The molecule has 2 fully saturated rings. The van der Waals surface area contributed by atoms with Crippen LogP contribution >= 0.6 is 0 Å². The molecule has 1 saturated carbocycles. The molecule has 1 aromatic rings. The quantitative estimate of drug-likeness (QED) is 0.903. The molecule has 1 aliphatic heterocycles. The molecule has 1 N–H and O–H groups in total. The fourth-order valence-corrected chi connectivity index (χ4v) is 3.50. The molecule has 0 bridgehead atoms. The minimum Gasteiger partial charge on any atom is -0.316 e. The highest BCUT2D eigenvalue weighted by atomic mass is 15.3. The van der Waals surface area contributed by atoms with E-state index in [0.29, 0.717) is 12.1 Å². The summed E-state index contributed by atoms with van der Waals surface area (Å²) in [6.45, 7) is 3.39. The predicted molar refractivity (Wildman–Crippen MR) is 77.1 cm³/mol. The van der Waals surface area contributed by atoms with Crippen LogP contribution < -0.4 is 5.32 Å². The van der Waals surface area contributed by atoms with Crippen LogP contribution in [0.15, 0.2) is 12.3 Å². The van der Waals surface area contributed by atoms with E-state index in [2.05, 4.69) is 34.2 Å². The zero-order valence-electron chi connectivity index (χ0n) is 12.0. The van der Waals surface area contributed by atoms with Gasteiger partial charge in [-0.3, -0.25) is 9.58 Å². The summed E-state index contributed by atoms with van der Waals surface area (Å²) in [5, 5.41) is 8.19. The third-order valence-corrected chi connectivity index (χ3v) is 4.66. The summed E-state index contributed by atoms with van der Waals surface area (Å²) in [5.41, 5.74) is 1.24. The van der Waals surface area contributed by atoms with Crippen molar-refractivity contribution in [2.75, 3.05) is 20.1 Å². The number of nitrogens with zero attached hydrogens (tertiary/aromatic N) is 3. The zero-order valence-corrected chi connectivity index (χ0v) is 12.0. The maximum absolute atomic E-state index is 4.79. The zero-order chi connectivity index (χ0) is 13.1. The van der Waals surface area contributed by atoms with Gasteiger partial charge in [0.1, 0.15) is 0 Å². The molecule has 4 nitrogen and oxygen atoms in total. The lowest BCUT2D eigenvalue weighted by molar-refractivity contribution is 0.185. The summed E-state index contributed by atoms with van der Waals surface area (Å²) in [6, 6.07) is 3.53. The molecule has 1 atom stereocenters. The van der Waals surface area contributed by atoms with Crippen LogP contribution in [0.25, 0.3) is 0 Å². The molecule has 1 aliphatic carbocycles. The molecular weight excluding hydrogens is 236 g/mol. The second-order valence-corrected chi connectivity index (χ2v) is 6.09. The van der Waals surface area contributed by atoms with Crippen molar-refractivity contribution in [1.29, 1.82) is 0 Å². The smallest absolute Gasteiger partial charge is 0.0764 e. The van der Waals surface area contributed by atoms with Gasteiger partial charge in [0.05, 0.1) is 11.7 Å². The van der Waals surface area contributed by atoms with Crippen LogP contribution in [0.5, 0.6) is 0 Å². The topological polar surface area (TPSA) is 33.1 Å². The van der Waals surface area contributed by atoms with Gasteiger partial charge in [0.25, 0.3) is 0 Å². The molecule has 2 heterocycles. The Hall–Kier alpha value is -0.870. The van der Waals surface area contributed by atoms with Crippen LogP contribution in [0.4, 0.5) is 0 Å². The Balaban J connectivity index is 1.57. The number of likely N-dealkylation sites (N-methyl/N-ethyl adjacent to an activating group) is 1. The minimum atomic E-state index is 0.658. The number of aromatic nitrogens is 2. The van der Waals surface area contributed by atoms with Gasteiger partial charge in [-0.1, -0.05) is 12.8 Å². The van der Waals surface area contributed by atoms with E-state index in [-0.39, 0.29) is 0 Å². The van der Waals surface area contributed by atoms with Gasteiger partial charge >= 0.3 is 0 Å². The van der Waals surface area contributed by atoms with Crippen LogP contribution in [-0.4, -0.2) is 40.9 Å². The number of likely N-dealkylation sites (tertiary alicyclic amines) is 1. The molecule has 0 amide bonds. The maximum Gasteiger partial charge on any atom is 0.0764 e. The highest BCUT2D eigenvalue weighted by Gasteiger charge is 2.20. The lowest BCUT2D eigenvalue weighted by Gasteiger charge is -2.31. The minimum absolute atomic E-state index is 0.658. The van der Waals surface area contributed by atoms with Crippen LogP contribution in [0.1, 0.15) is 50.3 Å². The van der Waals surface area contributed by atoms with Crippen LogP contribution in [0.3, 0.4) is 0 Å². The highest BCUT2D eigenvalue weighted by molar-refractivity contribution is 5.01. The number of rotatable bonds is 4. The second kappa shape index (κ2) is 6.06. The Morgan fingerprint density at radius 3 is 2.89 bits per heavy atom. The van der Waals surface area contributed by atoms with Crippen LogP contribution in [-0.2, 0) is 6.54 Å². The summed E-state index contributed by atoms with van der Waals surface area (Å²) in [7, 11) is 2.07. The third kappa shape index (κ3) is 3.18. The summed E-state index contributed by atoms with van der Waals surface area (Å²) in [5.74, 6) is 0. The average Bonchev–Trinajstić information content (AvgIpc) is 3.09. The average molecular weight is 262 g/mol. The summed E-state index contributed by atoms with van der Waals surface area (Å²) in [6.07, 6.45) is 10.2. The first-order valence-corrected chi connectivity index (χ1v) is 7.79. The molecule has 1 saturated heterocycles. The van der Waals surface area contributed by atoms with Crippen molar-refractivity contribution in [2.45, 2.75) is 57.2 Å². The standard InChI is InChI=1S/C15H26N4/c1-16-13-5-4-9-18(11-13)12-14-8-10-19(17-14)15-6-2-3-7-15/h8,10,13,15-16H,2-7,9,11-12H2,1H3. The largest absolute Gasteiger partial charge is 0.316 e. The molecule has 4 heteroatoms. The van der Waals surface area contributed by atoms with E-state index in [1.54, 1.807) is 0 Å².